The van der Waals surface area contributed by atoms with Crippen LogP contribution >= 0.6 is 23.2 Å². The maximum atomic E-state index is 12.6. The molecule has 26 heavy (non-hydrogen) atoms. The minimum Gasteiger partial charge on any atom is -0.328 e. The Bertz CT molecular complexity index is 883. The average molecular weight is 397 g/mol. The smallest absolute Gasteiger partial charge is 0.274 e. The van der Waals surface area contributed by atoms with E-state index in [9.17, 15) is 14.4 Å². The van der Waals surface area contributed by atoms with Crippen LogP contribution in [-0.2, 0) is 11.8 Å². The van der Waals surface area contributed by atoms with Gasteiger partial charge in [0, 0.05) is 24.7 Å². The molecule has 0 saturated carbocycles. The zero-order chi connectivity index (χ0) is 19.3. The zero-order valence-electron chi connectivity index (χ0n) is 14.3. The third-order valence-electron chi connectivity index (χ3n) is 3.50. The van der Waals surface area contributed by atoms with Crippen molar-refractivity contribution in [2.75, 3.05) is 18.4 Å². The predicted octanol–water partition coefficient (Wildman–Crippen LogP) is 2.58. The number of benzene rings is 1. The molecule has 1 aromatic heterocycles. The van der Waals surface area contributed by atoms with Gasteiger partial charge in [0.05, 0.1) is 10.7 Å². The molecule has 0 bridgehead atoms. The molecule has 0 fully saturated rings. The summed E-state index contributed by atoms with van der Waals surface area (Å²) >= 11 is 11.9. The third-order valence-corrected chi connectivity index (χ3v) is 4.05. The van der Waals surface area contributed by atoms with Crippen molar-refractivity contribution in [2.45, 2.75) is 13.3 Å². The Morgan fingerprint density at radius 1 is 1.23 bits per heavy atom. The molecule has 0 aliphatic heterocycles. The fourth-order valence-corrected chi connectivity index (χ4v) is 2.71. The van der Waals surface area contributed by atoms with Crippen LogP contribution in [-0.4, -0.2) is 39.6 Å². The second-order valence-corrected chi connectivity index (χ2v) is 6.42. The van der Waals surface area contributed by atoms with Crippen LogP contribution in [0.2, 0.25) is 10.0 Å². The summed E-state index contributed by atoms with van der Waals surface area (Å²) in [5.74, 6) is -0.833. The maximum absolute atomic E-state index is 12.6. The Labute approximate surface area is 160 Å². The Balaban J connectivity index is 2.13. The van der Waals surface area contributed by atoms with Crippen molar-refractivity contribution >= 4 is 40.7 Å². The van der Waals surface area contributed by atoms with Gasteiger partial charge < -0.3 is 10.2 Å². The molecular formula is C17H18Cl2N4O3. The monoisotopic (exact) mass is 396 g/mol. The van der Waals surface area contributed by atoms with Gasteiger partial charge in [-0.05, 0) is 30.7 Å². The molecule has 0 unspecified atom stereocenters. The zero-order valence-corrected chi connectivity index (χ0v) is 15.8. The van der Waals surface area contributed by atoms with Crippen molar-refractivity contribution in [3.8, 4) is 0 Å². The summed E-state index contributed by atoms with van der Waals surface area (Å²) in [7, 11) is 1.46. The van der Waals surface area contributed by atoms with Crippen LogP contribution in [0.5, 0.6) is 0 Å². The summed E-state index contributed by atoms with van der Waals surface area (Å²) in [6.07, 6.45) is 0.659. The van der Waals surface area contributed by atoms with Crippen molar-refractivity contribution in [3.63, 3.8) is 0 Å². The molecule has 1 aromatic carbocycles. The van der Waals surface area contributed by atoms with E-state index in [1.807, 2.05) is 6.92 Å². The highest BCUT2D eigenvalue weighted by Gasteiger charge is 2.20. The van der Waals surface area contributed by atoms with Crippen LogP contribution in [0.25, 0.3) is 0 Å². The van der Waals surface area contributed by atoms with E-state index in [4.69, 9.17) is 23.2 Å². The Kier molecular flexibility index (Phi) is 6.76. The molecule has 9 heteroatoms. The van der Waals surface area contributed by atoms with Crippen LogP contribution in [0.1, 0.15) is 23.8 Å². The highest BCUT2D eigenvalue weighted by Crippen LogP contribution is 2.25. The summed E-state index contributed by atoms with van der Waals surface area (Å²) in [6, 6.07) is 7.32. The summed E-state index contributed by atoms with van der Waals surface area (Å²) < 4.78 is 1.07. The first-order chi connectivity index (χ1) is 12.3. The SMILES string of the molecule is CCCN(CC(=O)Nc1ccc(Cl)cc1Cl)C(=O)c1ccc(=O)n(C)n1. The van der Waals surface area contributed by atoms with Gasteiger partial charge in [-0.1, -0.05) is 30.1 Å². The van der Waals surface area contributed by atoms with Gasteiger partial charge >= 0.3 is 0 Å². The van der Waals surface area contributed by atoms with Gasteiger partial charge in [-0.15, -0.1) is 0 Å². The van der Waals surface area contributed by atoms with Gasteiger partial charge in [0.25, 0.3) is 11.5 Å². The number of carbonyl (C=O) groups is 2. The van der Waals surface area contributed by atoms with E-state index < -0.39 is 11.8 Å². The van der Waals surface area contributed by atoms with Crippen molar-refractivity contribution in [2.24, 2.45) is 7.05 Å². The highest BCUT2D eigenvalue weighted by atomic mass is 35.5. The number of nitrogens with one attached hydrogen (secondary N) is 1. The fourth-order valence-electron chi connectivity index (χ4n) is 2.25. The molecule has 138 valence electrons. The number of rotatable bonds is 6. The minimum atomic E-state index is -0.431. The van der Waals surface area contributed by atoms with Gasteiger partial charge in [-0.25, -0.2) is 4.68 Å². The van der Waals surface area contributed by atoms with Crippen LogP contribution in [0.15, 0.2) is 35.1 Å². The molecule has 0 saturated heterocycles. The third kappa shape index (κ3) is 5.06. The van der Waals surface area contributed by atoms with Crippen molar-refractivity contribution in [1.82, 2.24) is 14.7 Å². The molecule has 0 aliphatic carbocycles. The number of hydrogen-bond acceptors (Lipinski definition) is 4. The summed E-state index contributed by atoms with van der Waals surface area (Å²) in [5.41, 5.74) is 0.182. The number of anilines is 1. The van der Waals surface area contributed by atoms with E-state index >= 15 is 0 Å². The van der Waals surface area contributed by atoms with Gasteiger partial charge in [-0.2, -0.15) is 5.10 Å². The van der Waals surface area contributed by atoms with E-state index in [1.54, 1.807) is 12.1 Å². The first kappa shape index (κ1) is 19.9. The van der Waals surface area contributed by atoms with Gasteiger partial charge in [0.2, 0.25) is 5.91 Å². The van der Waals surface area contributed by atoms with E-state index in [0.717, 1.165) is 4.68 Å². The van der Waals surface area contributed by atoms with Crippen LogP contribution in [0.3, 0.4) is 0 Å². The quantitative estimate of drug-likeness (QED) is 0.812. The van der Waals surface area contributed by atoms with E-state index in [1.165, 1.54) is 30.1 Å². The van der Waals surface area contributed by atoms with Crippen LogP contribution in [0.4, 0.5) is 5.69 Å². The summed E-state index contributed by atoms with van der Waals surface area (Å²) in [6.45, 7) is 2.09. The molecule has 2 rings (SSSR count). The number of nitrogens with zero attached hydrogens (tertiary/aromatic N) is 3. The van der Waals surface area contributed by atoms with Crippen LogP contribution < -0.4 is 10.9 Å². The minimum absolute atomic E-state index is 0.0953. The molecule has 2 amide bonds. The van der Waals surface area contributed by atoms with E-state index in [2.05, 4.69) is 10.4 Å². The molecular weight excluding hydrogens is 379 g/mol. The topological polar surface area (TPSA) is 84.3 Å². The molecule has 0 radical (unpaired) electrons. The van der Waals surface area contributed by atoms with Crippen LogP contribution in [0, 0.1) is 0 Å². The normalized spacial score (nSPS) is 10.5. The lowest BCUT2D eigenvalue weighted by Gasteiger charge is -2.21. The molecule has 0 aliphatic rings. The second kappa shape index (κ2) is 8.82. The fraction of sp³-hybridized carbons (Fsp3) is 0.294. The number of halogens is 2. The van der Waals surface area contributed by atoms with Gasteiger partial charge in [0.15, 0.2) is 0 Å². The number of amides is 2. The number of carbonyl (C=O) groups excluding carboxylic acids is 2. The van der Waals surface area contributed by atoms with E-state index in [-0.39, 0.29) is 17.8 Å². The lowest BCUT2D eigenvalue weighted by Crippen LogP contribution is -2.39. The highest BCUT2D eigenvalue weighted by molar-refractivity contribution is 6.36. The lowest BCUT2D eigenvalue weighted by molar-refractivity contribution is -0.116. The predicted molar refractivity (Wildman–Crippen MR) is 101 cm³/mol. The standard InChI is InChI=1S/C17H18Cl2N4O3/c1-3-8-23(17(26)14-6-7-16(25)22(2)21-14)10-15(24)20-13-5-4-11(18)9-12(13)19/h4-7,9H,3,8,10H2,1-2H3,(H,20,24). The molecule has 1 N–H and O–H groups in total. The maximum Gasteiger partial charge on any atom is 0.274 e. The van der Waals surface area contributed by atoms with E-state index in [0.29, 0.717) is 28.7 Å². The first-order valence-corrected chi connectivity index (χ1v) is 8.66. The molecule has 0 atom stereocenters. The Morgan fingerprint density at radius 2 is 1.96 bits per heavy atom. The summed E-state index contributed by atoms with van der Waals surface area (Å²) in [4.78, 5) is 37.7. The summed E-state index contributed by atoms with van der Waals surface area (Å²) in [5, 5.41) is 7.35. The molecule has 2 aromatic rings. The largest absolute Gasteiger partial charge is 0.328 e. The number of aromatic nitrogens is 2. The lowest BCUT2D eigenvalue weighted by atomic mass is 10.3. The molecule has 1 heterocycles. The number of hydrogen-bond donors (Lipinski definition) is 1. The Hall–Kier alpha value is -2.38. The Morgan fingerprint density at radius 3 is 2.58 bits per heavy atom. The van der Waals surface area contributed by atoms with Crippen molar-refractivity contribution in [1.29, 1.82) is 0 Å². The van der Waals surface area contributed by atoms with Crippen molar-refractivity contribution in [3.05, 3.63) is 56.4 Å². The van der Waals surface area contributed by atoms with Gasteiger partial charge in [0.1, 0.15) is 12.2 Å². The number of aryl methyl sites for hydroxylation is 1. The van der Waals surface area contributed by atoms with Crippen molar-refractivity contribution < 1.29 is 9.59 Å². The first-order valence-electron chi connectivity index (χ1n) is 7.90. The molecule has 7 nitrogen and oxygen atoms in total. The van der Waals surface area contributed by atoms with Gasteiger partial charge in [-0.3, -0.25) is 14.4 Å². The molecule has 0 spiro atoms. The average Bonchev–Trinajstić information content (AvgIpc) is 2.59. The second-order valence-electron chi connectivity index (χ2n) is 5.58.